The van der Waals surface area contributed by atoms with Crippen LogP contribution < -0.4 is 5.73 Å². The zero-order chi connectivity index (χ0) is 12.1. The highest BCUT2D eigenvalue weighted by Crippen LogP contribution is 2.17. The average Bonchev–Trinajstić information content (AvgIpc) is 2.29. The third kappa shape index (κ3) is 2.58. The van der Waals surface area contributed by atoms with Gasteiger partial charge in [-0.25, -0.2) is 4.79 Å². The number of methoxy groups -OCH3 is 2. The van der Waals surface area contributed by atoms with E-state index < -0.39 is 18.0 Å². The Balaban J connectivity index is 2.93. The van der Waals surface area contributed by atoms with Crippen molar-refractivity contribution < 1.29 is 19.1 Å². The van der Waals surface area contributed by atoms with E-state index in [0.717, 1.165) is 0 Å². The number of benzene rings is 1. The molecule has 1 rings (SSSR count). The number of carbonyl (C=O) groups is 2. The second-order valence-corrected chi connectivity index (χ2v) is 3.13. The summed E-state index contributed by atoms with van der Waals surface area (Å²) in [5, 5.41) is 0. The van der Waals surface area contributed by atoms with Crippen LogP contribution in [-0.4, -0.2) is 26.1 Å². The van der Waals surface area contributed by atoms with E-state index in [-0.39, 0.29) is 0 Å². The number of esters is 1. The largest absolute Gasteiger partial charge is 0.465 e. The van der Waals surface area contributed by atoms with E-state index in [1.165, 1.54) is 14.2 Å². The summed E-state index contributed by atoms with van der Waals surface area (Å²) in [6.07, 6.45) is -0.799. The van der Waals surface area contributed by atoms with Crippen LogP contribution in [0.4, 0.5) is 0 Å². The molecule has 2 N–H and O–H groups in total. The zero-order valence-electron chi connectivity index (χ0n) is 9.10. The molecule has 0 heterocycles. The van der Waals surface area contributed by atoms with Gasteiger partial charge in [0.05, 0.1) is 12.7 Å². The fraction of sp³-hybridized carbons (Fsp3) is 0.273. The maximum atomic E-state index is 11.2. The van der Waals surface area contributed by atoms with Gasteiger partial charge < -0.3 is 15.2 Å². The lowest BCUT2D eigenvalue weighted by atomic mass is 10.1. The molecule has 0 bridgehead atoms. The van der Waals surface area contributed by atoms with Crippen LogP contribution in [0.1, 0.15) is 22.0 Å². The Labute approximate surface area is 93.1 Å². The molecule has 1 aromatic carbocycles. The quantitative estimate of drug-likeness (QED) is 0.760. The summed E-state index contributed by atoms with van der Waals surface area (Å²) < 4.78 is 9.48. The zero-order valence-corrected chi connectivity index (χ0v) is 9.10. The van der Waals surface area contributed by atoms with Crippen LogP contribution in [0.2, 0.25) is 0 Å². The van der Waals surface area contributed by atoms with E-state index in [1.807, 2.05) is 0 Å². The standard InChI is InChI=1S/C11H13NO4/c1-15-9(10(12)13)7-3-5-8(6-4-7)11(14)16-2/h3-6,9H,1-2H3,(H2,12,13). The highest BCUT2D eigenvalue weighted by Gasteiger charge is 2.17. The Kier molecular flexibility index (Phi) is 4.02. The predicted octanol–water partition coefficient (Wildman–Crippen LogP) is 0.646. The van der Waals surface area contributed by atoms with Gasteiger partial charge >= 0.3 is 5.97 Å². The minimum Gasteiger partial charge on any atom is -0.465 e. The van der Waals surface area contributed by atoms with Crippen molar-refractivity contribution >= 4 is 11.9 Å². The first-order valence-corrected chi connectivity index (χ1v) is 4.60. The second-order valence-electron chi connectivity index (χ2n) is 3.13. The molecular weight excluding hydrogens is 210 g/mol. The van der Waals surface area contributed by atoms with Crippen molar-refractivity contribution in [3.63, 3.8) is 0 Å². The van der Waals surface area contributed by atoms with Crippen molar-refractivity contribution in [2.45, 2.75) is 6.10 Å². The van der Waals surface area contributed by atoms with E-state index in [0.29, 0.717) is 11.1 Å². The molecule has 1 unspecified atom stereocenters. The number of primary amides is 1. The summed E-state index contributed by atoms with van der Waals surface area (Å²) >= 11 is 0. The summed E-state index contributed by atoms with van der Waals surface area (Å²) in [7, 11) is 2.70. The topological polar surface area (TPSA) is 78.6 Å². The first-order chi connectivity index (χ1) is 7.60. The van der Waals surface area contributed by atoms with Crippen molar-refractivity contribution in [3.05, 3.63) is 35.4 Å². The van der Waals surface area contributed by atoms with Crippen LogP contribution in [0.5, 0.6) is 0 Å². The van der Waals surface area contributed by atoms with Gasteiger partial charge in [-0.15, -0.1) is 0 Å². The first-order valence-electron chi connectivity index (χ1n) is 4.60. The lowest BCUT2D eigenvalue weighted by Gasteiger charge is -2.11. The fourth-order valence-electron chi connectivity index (χ4n) is 1.33. The van der Waals surface area contributed by atoms with Gasteiger partial charge in [-0.05, 0) is 17.7 Å². The van der Waals surface area contributed by atoms with Gasteiger partial charge in [-0.3, -0.25) is 4.79 Å². The summed E-state index contributed by atoms with van der Waals surface area (Å²) in [5.74, 6) is -1.01. The maximum absolute atomic E-state index is 11.2. The van der Waals surface area contributed by atoms with Crippen LogP contribution in [0.25, 0.3) is 0 Å². The van der Waals surface area contributed by atoms with Crippen molar-refractivity contribution in [2.75, 3.05) is 14.2 Å². The van der Waals surface area contributed by atoms with E-state index >= 15 is 0 Å². The maximum Gasteiger partial charge on any atom is 0.337 e. The Bertz CT molecular complexity index is 385. The molecular formula is C11H13NO4. The fourth-order valence-corrected chi connectivity index (χ4v) is 1.33. The molecule has 86 valence electrons. The lowest BCUT2D eigenvalue weighted by molar-refractivity contribution is -0.128. The number of hydrogen-bond donors (Lipinski definition) is 1. The third-order valence-electron chi connectivity index (χ3n) is 2.13. The molecule has 0 fully saturated rings. The van der Waals surface area contributed by atoms with Crippen molar-refractivity contribution in [3.8, 4) is 0 Å². The monoisotopic (exact) mass is 223 g/mol. The number of hydrogen-bond acceptors (Lipinski definition) is 4. The highest BCUT2D eigenvalue weighted by atomic mass is 16.5. The van der Waals surface area contributed by atoms with Gasteiger partial charge in [0.15, 0.2) is 6.10 Å². The molecule has 0 aliphatic heterocycles. The molecule has 0 saturated heterocycles. The van der Waals surface area contributed by atoms with Crippen molar-refractivity contribution in [1.29, 1.82) is 0 Å². The molecule has 0 radical (unpaired) electrons. The van der Waals surface area contributed by atoms with Gasteiger partial charge in [0.2, 0.25) is 0 Å². The Hall–Kier alpha value is -1.88. The average molecular weight is 223 g/mol. The van der Waals surface area contributed by atoms with Crippen LogP contribution in [0, 0.1) is 0 Å². The third-order valence-corrected chi connectivity index (χ3v) is 2.13. The summed E-state index contributed by atoms with van der Waals surface area (Å²) in [4.78, 5) is 22.2. The molecule has 5 nitrogen and oxygen atoms in total. The molecule has 1 aromatic rings. The summed E-state index contributed by atoms with van der Waals surface area (Å²) in [6.45, 7) is 0. The van der Waals surface area contributed by atoms with Crippen LogP contribution in [0.15, 0.2) is 24.3 Å². The number of rotatable bonds is 4. The minimum absolute atomic E-state index is 0.408. The molecule has 1 amide bonds. The van der Waals surface area contributed by atoms with Crippen LogP contribution >= 0.6 is 0 Å². The molecule has 16 heavy (non-hydrogen) atoms. The predicted molar refractivity (Wildman–Crippen MR) is 56.7 cm³/mol. The molecule has 0 aliphatic rings. The van der Waals surface area contributed by atoms with Gasteiger partial charge in [0.1, 0.15) is 0 Å². The lowest BCUT2D eigenvalue weighted by Crippen LogP contribution is -2.22. The molecule has 5 heteroatoms. The van der Waals surface area contributed by atoms with E-state index in [2.05, 4.69) is 4.74 Å². The molecule has 1 atom stereocenters. The van der Waals surface area contributed by atoms with Crippen molar-refractivity contribution in [2.24, 2.45) is 5.73 Å². The number of nitrogens with two attached hydrogens (primary N) is 1. The molecule has 0 aromatic heterocycles. The number of carbonyl (C=O) groups excluding carboxylic acids is 2. The first kappa shape index (κ1) is 12.2. The van der Waals surface area contributed by atoms with Gasteiger partial charge in [-0.2, -0.15) is 0 Å². The minimum atomic E-state index is -0.799. The SMILES string of the molecule is COC(=O)c1ccc(C(OC)C(N)=O)cc1. The van der Waals surface area contributed by atoms with Crippen LogP contribution in [0.3, 0.4) is 0 Å². The molecule has 0 spiro atoms. The smallest absolute Gasteiger partial charge is 0.337 e. The second kappa shape index (κ2) is 5.27. The number of amides is 1. The Morgan fingerprint density at radius 1 is 1.19 bits per heavy atom. The highest BCUT2D eigenvalue weighted by molar-refractivity contribution is 5.89. The van der Waals surface area contributed by atoms with Crippen molar-refractivity contribution in [1.82, 2.24) is 0 Å². The van der Waals surface area contributed by atoms with E-state index in [4.69, 9.17) is 10.5 Å². The molecule has 0 saturated carbocycles. The summed E-state index contributed by atoms with van der Waals surface area (Å²) in [6, 6.07) is 6.31. The normalized spacial score (nSPS) is 11.9. The number of ether oxygens (including phenoxy) is 2. The van der Waals surface area contributed by atoms with Gasteiger partial charge in [-0.1, -0.05) is 12.1 Å². The van der Waals surface area contributed by atoms with E-state index in [9.17, 15) is 9.59 Å². The van der Waals surface area contributed by atoms with Gasteiger partial charge in [0.25, 0.3) is 5.91 Å². The van der Waals surface area contributed by atoms with Gasteiger partial charge in [0, 0.05) is 7.11 Å². The summed E-state index contributed by atoms with van der Waals surface area (Å²) in [5.41, 5.74) is 6.16. The Morgan fingerprint density at radius 2 is 1.75 bits per heavy atom. The van der Waals surface area contributed by atoms with Crippen LogP contribution in [-0.2, 0) is 14.3 Å². The molecule has 0 aliphatic carbocycles. The van der Waals surface area contributed by atoms with E-state index in [1.54, 1.807) is 24.3 Å². The Morgan fingerprint density at radius 3 is 2.12 bits per heavy atom.